The van der Waals surface area contributed by atoms with Gasteiger partial charge < -0.3 is 5.11 Å². The van der Waals surface area contributed by atoms with Crippen LogP contribution in [0, 0.1) is 5.41 Å². The molecule has 1 N–H and O–H groups in total. The van der Waals surface area contributed by atoms with Gasteiger partial charge >= 0.3 is 5.97 Å². The molecule has 1 saturated heterocycles. The summed E-state index contributed by atoms with van der Waals surface area (Å²) < 4.78 is 0. The molecule has 0 spiro atoms. The predicted octanol–water partition coefficient (Wildman–Crippen LogP) is 2.51. The third-order valence-electron chi connectivity index (χ3n) is 4.26. The van der Waals surface area contributed by atoms with Crippen LogP contribution < -0.4 is 0 Å². The maximum Gasteiger partial charge on any atom is 0.303 e. The van der Waals surface area contributed by atoms with Crippen molar-refractivity contribution in [3.8, 4) is 0 Å². The topological polar surface area (TPSA) is 40.5 Å². The van der Waals surface area contributed by atoms with Crippen LogP contribution >= 0.6 is 0 Å². The van der Waals surface area contributed by atoms with Crippen molar-refractivity contribution in [1.29, 1.82) is 0 Å². The van der Waals surface area contributed by atoms with Gasteiger partial charge in [0, 0.05) is 12.6 Å². The Morgan fingerprint density at radius 1 is 1.38 bits per heavy atom. The molecule has 16 heavy (non-hydrogen) atoms. The van der Waals surface area contributed by atoms with Gasteiger partial charge in [0.25, 0.3) is 0 Å². The van der Waals surface area contributed by atoms with Gasteiger partial charge in [0.05, 0.1) is 6.42 Å². The van der Waals surface area contributed by atoms with Gasteiger partial charge in [-0.05, 0) is 31.2 Å². The number of hydrogen-bond donors (Lipinski definition) is 1. The minimum absolute atomic E-state index is 0.0171. The Hall–Kier alpha value is -0.570. The molecule has 1 heterocycles. The van der Waals surface area contributed by atoms with Crippen molar-refractivity contribution in [1.82, 2.24) is 4.90 Å². The van der Waals surface area contributed by atoms with Crippen molar-refractivity contribution < 1.29 is 9.90 Å². The van der Waals surface area contributed by atoms with E-state index in [-0.39, 0.29) is 5.41 Å². The summed E-state index contributed by atoms with van der Waals surface area (Å²) in [4.78, 5) is 13.4. The van der Waals surface area contributed by atoms with Gasteiger partial charge in [-0.25, -0.2) is 0 Å². The molecule has 92 valence electrons. The van der Waals surface area contributed by atoms with Gasteiger partial charge in [-0.1, -0.05) is 26.2 Å². The molecule has 0 aromatic rings. The molecule has 3 nitrogen and oxygen atoms in total. The van der Waals surface area contributed by atoms with Gasteiger partial charge in [-0.3, -0.25) is 9.69 Å². The second-order valence-corrected chi connectivity index (χ2v) is 5.89. The highest BCUT2D eigenvalue weighted by atomic mass is 16.4. The van der Waals surface area contributed by atoms with Crippen LogP contribution in [0.2, 0.25) is 0 Å². The largest absolute Gasteiger partial charge is 0.481 e. The molecular formula is C13H23NO2. The first-order valence-electron chi connectivity index (χ1n) is 6.55. The summed E-state index contributed by atoms with van der Waals surface area (Å²) in [6.45, 7) is 4.22. The van der Waals surface area contributed by atoms with Gasteiger partial charge in [0.1, 0.15) is 0 Å². The van der Waals surface area contributed by atoms with E-state index >= 15 is 0 Å². The Morgan fingerprint density at radius 3 is 2.69 bits per heavy atom. The minimum atomic E-state index is -0.645. The van der Waals surface area contributed by atoms with Crippen molar-refractivity contribution >= 4 is 5.97 Å². The summed E-state index contributed by atoms with van der Waals surface area (Å²) in [5.41, 5.74) is 0.0171. The summed E-state index contributed by atoms with van der Waals surface area (Å²) in [7, 11) is 0. The molecule has 1 aliphatic carbocycles. The lowest BCUT2D eigenvalue weighted by molar-refractivity contribution is -0.139. The second-order valence-electron chi connectivity index (χ2n) is 5.89. The highest BCUT2D eigenvalue weighted by Crippen LogP contribution is 2.36. The number of hydrogen-bond acceptors (Lipinski definition) is 2. The maximum atomic E-state index is 10.8. The van der Waals surface area contributed by atoms with E-state index in [0.29, 0.717) is 6.42 Å². The van der Waals surface area contributed by atoms with E-state index in [9.17, 15) is 4.79 Å². The maximum absolute atomic E-state index is 10.8. The van der Waals surface area contributed by atoms with E-state index in [1.54, 1.807) is 0 Å². The van der Waals surface area contributed by atoms with Crippen LogP contribution in [-0.4, -0.2) is 35.1 Å². The lowest BCUT2D eigenvalue weighted by atomic mass is 9.86. The van der Waals surface area contributed by atoms with Gasteiger partial charge in [0.2, 0.25) is 0 Å². The number of likely N-dealkylation sites (tertiary alicyclic amines) is 1. The van der Waals surface area contributed by atoms with E-state index in [2.05, 4.69) is 11.8 Å². The Morgan fingerprint density at radius 2 is 2.06 bits per heavy atom. The number of carboxylic acid groups (broad SMARTS) is 1. The molecule has 2 rings (SSSR count). The number of carboxylic acids is 1. The molecule has 1 aliphatic heterocycles. The Kier molecular flexibility index (Phi) is 3.53. The molecule has 0 aromatic heterocycles. The normalized spacial score (nSPS) is 33.1. The van der Waals surface area contributed by atoms with Crippen molar-refractivity contribution in [3.05, 3.63) is 0 Å². The fourth-order valence-electron chi connectivity index (χ4n) is 3.33. The molecule has 0 aromatic carbocycles. The molecule has 1 unspecified atom stereocenters. The van der Waals surface area contributed by atoms with Crippen LogP contribution in [0.1, 0.15) is 51.9 Å². The molecule has 0 radical (unpaired) electrons. The number of rotatable bonds is 3. The van der Waals surface area contributed by atoms with Gasteiger partial charge in [-0.2, -0.15) is 0 Å². The zero-order valence-electron chi connectivity index (χ0n) is 10.2. The van der Waals surface area contributed by atoms with Crippen LogP contribution in [-0.2, 0) is 4.79 Å². The SMILES string of the molecule is CC1(CC(=O)O)CCN(C2CCCCC2)C1. The average molecular weight is 225 g/mol. The highest BCUT2D eigenvalue weighted by molar-refractivity contribution is 5.67. The van der Waals surface area contributed by atoms with Crippen molar-refractivity contribution in [2.24, 2.45) is 5.41 Å². The number of aliphatic carboxylic acids is 1. The Bertz CT molecular complexity index is 261. The Labute approximate surface area is 97.8 Å². The molecule has 1 atom stereocenters. The lowest BCUT2D eigenvalue weighted by Gasteiger charge is -2.32. The second kappa shape index (κ2) is 4.74. The standard InChI is InChI=1S/C13H23NO2/c1-13(9-12(15)16)7-8-14(10-13)11-5-3-2-4-6-11/h11H,2-10H2,1H3,(H,15,16). The quantitative estimate of drug-likeness (QED) is 0.802. The summed E-state index contributed by atoms with van der Waals surface area (Å²) in [5.74, 6) is -0.645. The number of nitrogens with zero attached hydrogens (tertiary/aromatic N) is 1. The highest BCUT2D eigenvalue weighted by Gasteiger charge is 2.38. The van der Waals surface area contributed by atoms with Crippen molar-refractivity contribution in [2.45, 2.75) is 57.9 Å². The predicted molar refractivity (Wildman–Crippen MR) is 63.4 cm³/mol. The molecule has 3 heteroatoms. The summed E-state index contributed by atoms with van der Waals surface area (Å²) >= 11 is 0. The first-order valence-corrected chi connectivity index (χ1v) is 6.55. The smallest absolute Gasteiger partial charge is 0.303 e. The monoisotopic (exact) mass is 225 g/mol. The van der Waals surface area contributed by atoms with E-state index in [4.69, 9.17) is 5.11 Å². The van der Waals surface area contributed by atoms with Crippen LogP contribution in [0.15, 0.2) is 0 Å². The molecule has 2 aliphatic rings. The van der Waals surface area contributed by atoms with Crippen LogP contribution in [0.5, 0.6) is 0 Å². The lowest BCUT2D eigenvalue weighted by Crippen LogP contribution is -2.36. The van der Waals surface area contributed by atoms with Crippen LogP contribution in [0.3, 0.4) is 0 Å². The third kappa shape index (κ3) is 2.76. The van der Waals surface area contributed by atoms with Gasteiger partial charge in [-0.15, -0.1) is 0 Å². The van der Waals surface area contributed by atoms with Crippen molar-refractivity contribution in [3.63, 3.8) is 0 Å². The van der Waals surface area contributed by atoms with E-state index in [0.717, 1.165) is 25.6 Å². The van der Waals surface area contributed by atoms with Crippen molar-refractivity contribution in [2.75, 3.05) is 13.1 Å². The minimum Gasteiger partial charge on any atom is -0.481 e. The molecule has 0 amide bonds. The van der Waals surface area contributed by atoms with Gasteiger partial charge in [0.15, 0.2) is 0 Å². The van der Waals surface area contributed by atoms with E-state index in [1.165, 1.54) is 32.1 Å². The molecule has 2 fully saturated rings. The Balaban J connectivity index is 1.88. The van der Waals surface area contributed by atoms with E-state index < -0.39 is 5.97 Å². The fourth-order valence-corrected chi connectivity index (χ4v) is 3.33. The summed E-state index contributed by atoms with van der Waals surface area (Å²) in [6, 6.07) is 0.740. The number of carbonyl (C=O) groups is 1. The first-order chi connectivity index (χ1) is 7.59. The molecular weight excluding hydrogens is 202 g/mol. The third-order valence-corrected chi connectivity index (χ3v) is 4.26. The van der Waals surface area contributed by atoms with Crippen LogP contribution in [0.4, 0.5) is 0 Å². The van der Waals surface area contributed by atoms with Crippen LogP contribution in [0.25, 0.3) is 0 Å². The first kappa shape index (κ1) is 11.9. The zero-order valence-corrected chi connectivity index (χ0v) is 10.2. The summed E-state index contributed by atoms with van der Waals surface area (Å²) in [5, 5.41) is 8.92. The molecule has 1 saturated carbocycles. The molecule has 0 bridgehead atoms. The zero-order chi connectivity index (χ0) is 11.6. The fraction of sp³-hybridized carbons (Fsp3) is 0.923. The summed E-state index contributed by atoms with van der Waals surface area (Å²) in [6.07, 6.45) is 8.13. The average Bonchev–Trinajstić information content (AvgIpc) is 2.61. The van der Waals surface area contributed by atoms with E-state index in [1.807, 2.05) is 0 Å².